The van der Waals surface area contributed by atoms with Crippen LogP contribution in [0, 0.1) is 10.1 Å². The fourth-order valence-corrected chi connectivity index (χ4v) is 6.18. The van der Waals surface area contributed by atoms with Gasteiger partial charge in [0.05, 0.1) is 16.2 Å². The summed E-state index contributed by atoms with van der Waals surface area (Å²) in [6, 6.07) is 32.8. The van der Waals surface area contributed by atoms with E-state index in [0.29, 0.717) is 21.7 Å². The molecule has 220 valence electrons. The Morgan fingerprint density at radius 1 is 0.689 bits per heavy atom. The Bertz CT molecular complexity index is 2010. The first-order valence-electron chi connectivity index (χ1n) is 13.8. The molecule has 0 spiro atoms. The summed E-state index contributed by atoms with van der Waals surface area (Å²) < 4.78 is 0. The predicted octanol–water partition coefficient (Wildman–Crippen LogP) is 7.09. The van der Waals surface area contributed by atoms with E-state index in [4.69, 9.17) is 0 Å². The molecule has 0 saturated carbocycles. The van der Waals surface area contributed by atoms with Crippen molar-refractivity contribution in [1.82, 2.24) is 0 Å². The smallest absolute Gasteiger partial charge is 0.270 e. The van der Waals surface area contributed by atoms with Crippen LogP contribution in [0.25, 0.3) is 0 Å². The first kappa shape index (κ1) is 29.2. The number of hydrogen-bond acceptors (Lipinski definition) is 7. The molecule has 1 atom stereocenters. The number of carbonyl (C=O) groups is 4. The molecule has 2 amide bonds. The Hall–Kier alpha value is -5.87. The van der Waals surface area contributed by atoms with Gasteiger partial charge in [-0.25, -0.2) is 0 Å². The highest BCUT2D eigenvalue weighted by Crippen LogP contribution is 2.38. The van der Waals surface area contributed by atoms with E-state index in [9.17, 15) is 29.3 Å². The topological polar surface area (TPSA) is 135 Å². The normalized spacial score (nSPS) is 12.4. The lowest BCUT2D eigenvalue weighted by Gasteiger charge is -2.22. The first-order valence-corrected chi connectivity index (χ1v) is 14.7. The van der Waals surface area contributed by atoms with Crippen LogP contribution in [0.15, 0.2) is 126 Å². The largest absolute Gasteiger partial charge is 0.324 e. The van der Waals surface area contributed by atoms with Crippen molar-refractivity contribution in [1.29, 1.82) is 0 Å². The van der Waals surface area contributed by atoms with Crippen LogP contribution in [0.5, 0.6) is 0 Å². The van der Waals surface area contributed by atoms with E-state index in [1.807, 2.05) is 30.3 Å². The van der Waals surface area contributed by atoms with Crippen molar-refractivity contribution in [3.63, 3.8) is 0 Å². The number of benzene rings is 5. The highest BCUT2D eigenvalue weighted by Gasteiger charge is 2.32. The summed E-state index contributed by atoms with van der Waals surface area (Å²) in [5, 5.41) is 16.0. The van der Waals surface area contributed by atoms with Gasteiger partial charge in [0.15, 0.2) is 11.6 Å². The average Bonchev–Trinajstić information content (AvgIpc) is 3.06. The minimum absolute atomic E-state index is 0.130. The quantitative estimate of drug-likeness (QED) is 0.106. The highest BCUT2D eigenvalue weighted by atomic mass is 32.2. The summed E-state index contributed by atoms with van der Waals surface area (Å²) in [7, 11) is 0. The summed E-state index contributed by atoms with van der Waals surface area (Å²) in [6.45, 7) is 0. The molecule has 0 radical (unpaired) electrons. The Kier molecular flexibility index (Phi) is 8.04. The second kappa shape index (κ2) is 12.4. The monoisotopic (exact) mass is 613 g/mol. The number of amides is 2. The fraction of sp³-hybridized carbons (Fsp3) is 0.0286. The average molecular weight is 614 g/mol. The van der Waals surface area contributed by atoms with Crippen LogP contribution >= 0.6 is 11.8 Å². The second-order valence-electron chi connectivity index (χ2n) is 10.1. The number of nitrogens with zero attached hydrogens (tertiary/aromatic N) is 1. The summed E-state index contributed by atoms with van der Waals surface area (Å²) in [5.74, 6) is -1.56. The molecule has 0 aliphatic heterocycles. The molecule has 0 aromatic heterocycles. The van der Waals surface area contributed by atoms with Gasteiger partial charge in [-0.15, -0.1) is 11.8 Å². The lowest BCUT2D eigenvalue weighted by Crippen LogP contribution is -2.25. The number of nitro groups is 1. The number of nitro benzene ring substituents is 1. The Morgan fingerprint density at radius 2 is 1.36 bits per heavy atom. The van der Waals surface area contributed by atoms with Crippen molar-refractivity contribution in [3.8, 4) is 0 Å². The highest BCUT2D eigenvalue weighted by molar-refractivity contribution is 8.00. The zero-order valence-corrected chi connectivity index (χ0v) is 24.2. The van der Waals surface area contributed by atoms with Crippen molar-refractivity contribution in [3.05, 3.63) is 165 Å². The molecule has 1 aliphatic carbocycles. The molecule has 0 heterocycles. The number of carbonyl (C=O) groups excluding carboxylic acids is 4. The van der Waals surface area contributed by atoms with Crippen molar-refractivity contribution in [2.45, 2.75) is 10.1 Å². The van der Waals surface area contributed by atoms with Crippen LogP contribution in [0.4, 0.5) is 17.1 Å². The Morgan fingerprint density at radius 3 is 2.11 bits per heavy atom. The predicted molar refractivity (Wildman–Crippen MR) is 171 cm³/mol. The van der Waals surface area contributed by atoms with E-state index in [2.05, 4.69) is 10.6 Å². The van der Waals surface area contributed by atoms with E-state index in [1.165, 1.54) is 36.0 Å². The van der Waals surface area contributed by atoms with Crippen molar-refractivity contribution < 1.29 is 24.1 Å². The van der Waals surface area contributed by atoms with Crippen LogP contribution in [-0.2, 0) is 4.79 Å². The van der Waals surface area contributed by atoms with Gasteiger partial charge in [0.25, 0.3) is 11.6 Å². The molecule has 1 aliphatic rings. The summed E-state index contributed by atoms with van der Waals surface area (Å²) in [4.78, 5) is 64.7. The van der Waals surface area contributed by atoms with E-state index in [1.54, 1.807) is 66.7 Å². The lowest BCUT2D eigenvalue weighted by atomic mass is 9.83. The zero-order valence-electron chi connectivity index (χ0n) is 23.4. The van der Waals surface area contributed by atoms with Crippen LogP contribution in [0.1, 0.15) is 53.0 Å². The Labute approximate surface area is 261 Å². The number of nitrogens with one attached hydrogen (secondary N) is 2. The van der Waals surface area contributed by atoms with Gasteiger partial charge in [0.1, 0.15) is 5.25 Å². The van der Waals surface area contributed by atoms with Gasteiger partial charge >= 0.3 is 0 Å². The third kappa shape index (κ3) is 5.99. The second-order valence-corrected chi connectivity index (χ2v) is 11.3. The molecular formula is C35H23N3O6S. The summed E-state index contributed by atoms with van der Waals surface area (Å²) >= 11 is 1.24. The molecule has 1 unspecified atom stereocenters. The van der Waals surface area contributed by atoms with Gasteiger partial charge in [-0.05, 0) is 35.9 Å². The molecule has 10 heteroatoms. The minimum Gasteiger partial charge on any atom is -0.324 e. The number of fused-ring (bicyclic) bond motifs is 2. The molecular weight excluding hydrogens is 590 g/mol. The van der Waals surface area contributed by atoms with Gasteiger partial charge < -0.3 is 10.6 Å². The zero-order chi connectivity index (χ0) is 31.5. The van der Waals surface area contributed by atoms with E-state index >= 15 is 0 Å². The maximum absolute atomic E-state index is 13.9. The van der Waals surface area contributed by atoms with E-state index in [-0.39, 0.29) is 45.2 Å². The summed E-state index contributed by atoms with van der Waals surface area (Å²) in [5.41, 5.74) is 2.30. The van der Waals surface area contributed by atoms with Crippen LogP contribution in [0.2, 0.25) is 0 Å². The van der Waals surface area contributed by atoms with Gasteiger partial charge in [0.2, 0.25) is 5.91 Å². The first-order chi connectivity index (χ1) is 21.8. The Balaban J connectivity index is 1.27. The van der Waals surface area contributed by atoms with Gasteiger partial charge in [-0.3, -0.25) is 29.3 Å². The number of rotatable bonds is 8. The SMILES string of the molecule is O=C(Nc1cccc(SC(C(=O)Nc2cccc3c2C(=O)c2ccccc2C3=O)c2ccccc2)c1)c1cccc([N+](=O)[O-])c1. The maximum Gasteiger partial charge on any atom is 0.270 e. The molecule has 0 bridgehead atoms. The third-order valence-corrected chi connectivity index (χ3v) is 8.46. The maximum atomic E-state index is 13.9. The van der Waals surface area contributed by atoms with E-state index < -0.39 is 22.0 Å². The van der Waals surface area contributed by atoms with Gasteiger partial charge in [-0.1, -0.05) is 78.9 Å². The van der Waals surface area contributed by atoms with Gasteiger partial charge in [-0.2, -0.15) is 0 Å². The van der Waals surface area contributed by atoms with Crippen molar-refractivity contribution >= 4 is 52.2 Å². The van der Waals surface area contributed by atoms with Crippen LogP contribution in [0.3, 0.4) is 0 Å². The fourth-order valence-electron chi connectivity index (χ4n) is 5.10. The minimum atomic E-state index is -0.772. The molecule has 45 heavy (non-hydrogen) atoms. The van der Waals surface area contributed by atoms with Crippen molar-refractivity contribution in [2.75, 3.05) is 10.6 Å². The number of non-ortho nitro benzene ring substituents is 1. The molecule has 5 aromatic rings. The molecule has 0 fully saturated rings. The number of ketones is 2. The van der Waals surface area contributed by atoms with Crippen molar-refractivity contribution in [2.24, 2.45) is 0 Å². The summed E-state index contributed by atoms with van der Waals surface area (Å²) in [6.07, 6.45) is 0. The van der Waals surface area contributed by atoms with Gasteiger partial charge in [0, 0.05) is 45.0 Å². The molecule has 5 aromatic carbocycles. The molecule has 9 nitrogen and oxygen atoms in total. The molecule has 0 saturated heterocycles. The number of hydrogen-bond donors (Lipinski definition) is 2. The molecule has 6 rings (SSSR count). The standard InChI is InChI=1S/C35H23N3O6S/c39-31-26-15-4-5-16-27(26)32(40)30-28(31)17-8-18-29(30)37-35(42)33(21-9-2-1-3-10-21)45-25-14-7-12-23(20-25)36-34(41)22-11-6-13-24(19-22)38(43)44/h1-20,33H,(H,36,41)(H,37,42). The lowest BCUT2D eigenvalue weighted by molar-refractivity contribution is -0.384. The molecule has 2 N–H and O–H groups in total. The number of thioether (sulfide) groups is 1. The number of anilines is 2. The van der Waals surface area contributed by atoms with Crippen LogP contribution < -0.4 is 10.6 Å². The van der Waals surface area contributed by atoms with Crippen LogP contribution in [-0.4, -0.2) is 28.3 Å². The van der Waals surface area contributed by atoms with E-state index in [0.717, 1.165) is 0 Å². The third-order valence-electron chi connectivity index (χ3n) is 7.22.